The zero-order chi connectivity index (χ0) is 15.6. The fourth-order valence-electron chi connectivity index (χ4n) is 3.78. The lowest BCUT2D eigenvalue weighted by atomic mass is 9.64. The van der Waals surface area contributed by atoms with Gasteiger partial charge in [-0.1, -0.05) is 18.6 Å². The van der Waals surface area contributed by atoms with E-state index in [1.807, 2.05) is 6.07 Å². The van der Waals surface area contributed by atoms with E-state index in [-0.39, 0.29) is 11.5 Å². The number of methoxy groups -OCH3 is 1. The molecule has 1 aliphatic carbocycles. The van der Waals surface area contributed by atoms with Gasteiger partial charge in [-0.3, -0.25) is 0 Å². The van der Waals surface area contributed by atoms with Crippen molar-refractivity contribution in [2.45, 2.75) is 43.6 Å². The number of hydrogen-bond donors (Lipinski definition) is 1. The van der Waals surface area contributed by atoms with E-state index in [1.54, 1.807) is 7.11 Å². The lowest BCUT2D eigenvalue weighted by molar-refractivity contribution is 0.0967. The minimum absolute atomic E-state index is 0.0877. The van der Waals surface area contributed by atoms with Crippen molar-refractivity contribution >= 4 is 0 Å². The number of likely N-dealkylation sites (tertiary alicyclic amines) is 1. The van der Waals surface area contributed by atoms with Crippen LogP contribution in [0.1, 0.15) is 37.7 Å². The predicted octanol–water partition coefficient (Wildman–Crippen LogP) is 2.55. The highest BCUT2D eigenvalue weighted by molar-refractivity contribution is 5.51. The van der Waals surface area contributed by atoms with Crippen molar-refractivity contribution in [1.29, 1.82) is 0 Å². The smallest absolute Gasteiger partial charge is 0.165 e. The van der Waals surface area contributed by atoms with Gasteiger partial charge in [-0.15, -0.1) is 0 Å². The normalized spacial score (nSPS) is 24.6. The van der Waals surface area contributed by atoms with E-state index in [0.29, 0.717) is 6.54 Å². The van der Waals surface area contributed by atoms with Crippen molar-refractivity contribution in [1.82, 2.24) is 4.90 Å². The molecule has 4 nitrogen and oxygen atoms in total. The highest BCUT2D eigenvalue weighted by Gasteiger charge is 2.40. The average Bonchev–Trinajstić information content (AvgIpc) is 2.48. The van der Waals surface area contributed by atoms with Crippen LogP contribution in [-0.2, 0) is 5.41 Å². The van der Waals surface area contributed by atoms with Crippen LogP contribution in [0.25, 0.3) is 0 Å². The summed E-state index contributed by atoms with van der Waals surface area (Å²) >= 11 is 0. The van der Waals surface area contributed by atoms with Crippen LogP contribution in [0, 0.1) is 0 Å². The molecule has 2 aliphatic rings. The van der Waals surface area contributed by atoms with E-state index in [4.69, 9.17) is 15.2 Å². The van der Waals surface area contributed by atoms with Gasteiger partial charge in [0.05, 0.1) is 7.11 Å². The molecule has 3 rings (SSSR count). The molecule has 2 N–H and O–H groups in total. The van der Waals surface area contributed by atoms with Gasteiger partial charge in [-0.25, -0.2) is 0 Å². The second-order valence-electron chi connectivity index (χ2n) is 6.82. The Balaban J connectivity index is 1.90. The summed E-state index contributed by atoms with van der Waals surface area (Å²) in [5.74, 6) is 1.76. The minimum Gasteiger partial charge on any atom is -0.493 e. The molecule has 0 bridgehead atoms. The van der Waals surface area contributed by atoms with Gasteiger partial charge in [-0.05, 0) is 45.3 Å². The Hall–Kier alpha value is -1.26. The van der Waals surface area contributed by atoms with E-state index in [0.717, 1.165) is 43.9 Å². The number of piperidine rings is 1. The Bertz CT molecular complexity index is 508. The van der Waals surface area contributed by atoms with Crippen molar-refractivity contribution in [3.05, 3.63) is 23.8 Å². The Morgan fingerprint density at radius 3 is 2.73 bits per heavy atom. The monoisotopic (exact) mass is 304 g/mol. The molecule has 1 saturated carbocycles. The van der Waals surface area contributed by atoms with Gasteiger partial charge in [-0.2, -0.15) is 0 Å². The SMILES string of the molecule is COc1cccc(C2(CN)CCC2)c1OC1CCCN(C)C1. The number of likely N-dealkylation sites (N-methyl/N-ethyl adjacent to an activating group) is 1. The molecular weight excluding hydrogens is 276 g/mol. The Labute approximate surface area is 133 Å². The van der Waals surface area contributed by atoms with E-state index in [9.17, 15) is 0 Å². The summed E-state index contributed by atoms with van der Waals surface area (Å²) in [7, 11) is 3.88. The first-order valence-electron chi connectivity index (χ1n) is 8.41. The van der Waals surface area contributed by atoms with Gasteiger partial charge < -0.3 is 20.1 Å². The van der Waals surface area contributed by atoms with E-state index < -0.39 is 0 Å². The van der Waals surface area contributed by atoms with Crippen molar-refractivity contribution in [2.75, 3.05) is 33.8 Å². The molecule has 1 unspecified atom stereocenters. The molecule has 1 aromatic carbocycles. The van der Waals surface area contributed by atoms with Crippen LogP contribution in [-0.4, -0.2) is 44.8 Å². The molecule has 0 radical (unpaired) electrons. The molecule has 1 heterocycles. The molecular formula is C18H28N2O2. The third-order valence-electron chi connectivity index (χ3n) is 5.34. The maximum Gasteiger partial charge on any atom is 0.165 e. The molecule has 0 aromatic heterocycles. The Kier molecular flexibility index (Phi) is 4.59. The van der Waals surface area contributed by atoms with Gasteiger partial charge in [0.1, 0.15) is 6.10 Å². The topological polar surface area (TPSA) is 47.7 Å². The zero-order valence-electron chi connectivity index (χ0n) is 13.8. The quantitative estimate of drug-likeness (QED) is 0.908. The summed E-state index contributed by atoms with van der Waals surface area (Å²) in [6.07, 6.45) is 6.09. The van der Waals surface area contributed by atoms with Crippen molar-refractivity contribution in [3.63, 3.8) is 0 Å². The zero-order valence-corrected chi connectivity index (χ0v) is 13.8. The first-order valence-corrected chi connectivity index (χ1v) is 8.41. The van der Waals surface area contributed by atoms with Crippen molar-refractivity contribution in [3.8, 4) is 11.5 Å². The van der Waals surface area contributed by atoms with Crippen molar-refractivity contribution in [2.24, 2.45) is 5.73 Å². The van der Waals surface area contributed by atoms with Gasteiger partial charge in [0.15, 0.2) is 11.5 Å². The summed E-state index contributed by atoms with van der Waals surface area (Å²) in [6, 6.07) is 6.23. The number of benzene rings is 1. The number of para-hydroxylation sites is 1. The van der Waals surface area contributed by atoms with Crippen LogP contribution in [0.4, 0.5) is 0 Å². The van der Waals surface area contributed by atoms with Gasteiger partial charge in [0.2, 0.25) is 0 Å². The Morgan fingerprint density at radius 1 is 1.32 bits per heavy atom. The van der Waals surface area contributed by atoms with E-state index in [2.05, 4.69) is 24.1 Å². The fourth-order valence-corrected chi connectivity index (χ4v) is 3.78. The summed E-state index contributed by atoms with van der Waals surface area (Å²) in [5, 5.41) is 0. The predicted molar refractivity (Wildman–Crippen MR) is 88.7 cm³/mol. The standard InChI is InChI=1S/C18H28N2O2/c1-20-11-4-6-14(12-20)22-17-15(7-3-8-16(17)21-2)18(13-19)9-5-10-18/h3,7-8,14H,4-6,9-13,19H2,1-2H3. The van der Waals surface area contributed by atoms with Crippen LogP contribution >= 0.6 is 0 Å². The molecule has 1 saturated heterocycles. The van der Waals surface area contributed by atoms with Crippen molar-refractivity contribution < 1.29 is 9.47 Å². The Morgan fingerprint density at radius 2 is 2.14 bits per heavy atom. The first kappa shape index (κ1) is 15.6. The summed E-state index contributed by atoms with van der Waals surface area (Å²) < 4.78 is 12.0. The fraction of sp³-hybridized carbons (Fsp3) is 0.667. The lowest BCUT2D eigenvalue weighted by Crippen LogP contribution is -2.43. The summed E-state index contributed by atoms with van der Waals surface area (Å²) in [4.78, 5) is 2.34. The summed E-state index contributed by atoms with van der Waals surface area (Å²) in [5.41, 5.74) is 7.44. The lowest BCUT2D eigenvalue weighted by Gasteiger charge is -2.43. The number of hydrogen-bond acceptors (Lipinski definition) is 4. The highest BCUT2D eigenvalue weighted by atomic mass is 16.5. The van der Waals surface area contributed by atoms with Crippen LogP contribution < -0.4 is 15.2 Å². The first-order chi connectivity index (χ1) is 10.7. The van der Waals surface area contributed by atoms with E-state index >= 15 is 0 Å². The minimum atomic E-state index is 0.0877. The number of nitrogens with two attached hydrogens (primary N) is 1. The third kappa shape index (κ3) is 2.82. The molecule has 4 heteroatoms. The van der Waals surface area contributed by atoms with Crippen LogP contribution in [0.15, 0.2) is 18.2 Å². The molecule has 1 aromatic rings. The maximum absolute atomic E-state index is 6.44. The number of nitrogens with zero attached hydrogens (tertiary/aromatic N) is 1. The van der Waals surface area contributed by atoms with Gasteiger partial charge in [0, 0.05) is 24.1 Å². The van der Waals surface area contributed by atoms with Crippen LogP contribution in [0.3, 0.4) is 0 Å². The second-order valence-corrected chi connectivity index (χ2v) is 6.82. The average molecular weight is 304 g/mol. The van der Waals surface area contributed by atoms with E-state index in [1.165, 1.54) is 18.4 Å². The highest BCUT2D eigenvalue weighted by Crippen LogP contribution is 2.49. The van der Waals surface area contributed by atoms with Gasteiger partial charge in [0.25, 0.3) is 0 Å². The molecule has 122 valence electrons. The van der Waals surface area contributed by atoms with Gasteiger partial charge >= 0.3 is 0 Å². The third-order valence-corrected chi connectivity index (χ3v) is 5.34. The van der Waals surface area contributed by atoms with Crippen LogP contribution in [0.2, 0.25) is 0 Å². The molecule has 2 fully saturated rings. The molecule has 22 heavy (non-hydrogen) atoms. The van der Waals surface area contributed by atoms with Crippen LogP contribution in [0.5, 0.6) is 11.5 Å². The molecule has 1 atom stereocenters. The number of rotatable bonds is 5. The summed E-state index contributed by atoms with van der Waals surface area (Å²) in [6.45, 7) is 2.82. The molecule has 1 aliphatic heterocycles. The number of ether oxygens (including phenoxy) is 2. The second kappa shape index (κ2) is 6.47. The molecule has 0 spiro atoms. The molecule has 0 amide bonds. The maximum atomic E-state index is 6.44. The largest absolute Gasteiger partial charge is 0.493 e.